The minimum Gasteiger partial charge on any atom is -0.419 e. The lowest BCUT2D eigenvalue weighted by molar-refractivity contribution is 0.533. The Labute approximate surface area is 192 Å². The lowest BCUT2D eigenvalue weighted by atomic mass is 10.0. The average Bonchev–Trinajstić information content (AvgIpc) is 3.26. The lowest BCUT2D eigenvalue weighted by Crippen LogP contribution is -2.31. The zero-order valence-electron chi connectivity index (χ0n) is 17.5. The maximum atomic E-state index is 13.6. The van der Waals surface area contributed by atoms with Gasteiger partial charge in [0.1, 0.15) is 0 Å². The van der Waals surface area contributed by atoms with E-state index in [1.54, 1.807) is 48.5 Å². The molecule has 5 rings (SSSR count). The molecule has 0 saturated heterocycles. The van der Waals surface area contributed by atoms with Gasteiger partial charge in [0.25, 0.3) is 0 Å². The first-order valence-electron chi connectivity index (χ1n) is 10.3. The molecule has 7 heteroatoms. The largest absolute Gasteiger partial charge is 0.419 e. The van der Waals surface area contributed by atoms with Gasteiger partial charge in [-0.05, 0) is 60.9 Å². The van der Waals surface area contributed by atoms with Crippen LogP contribution in [0.4, 0.5) is 5.88 Å². The van der Waals surface area contributed by atoms with Gasteiger partial charge in [-0.2, -0.15) is 4.98 Å². The molecule has 0 spiro atoms. The summed E-state index contributed by atoms with van der Waals surface area (Å²) in [6.07, 6.45) is 0.803. The van der Waals surface area contributed by atoms with Crippen LogP contribution in [0.15, 0.2) is 87.1 Å². The number of hydrogen-bond acceptors (Lipinski definition) is 5. The summed E-state index contributed by atoms with van der Waals surface area (Å²) >= 11 is 6.02. The predicted octanol–water partition coefficient (Wildman–Crippen LogP) is 5.70. The van der Waals surface area contributed by atoms with Crippen molar-refractivity contribution in [3.8, 4) is 11.5 Å². The van der Waals surface area contributed by atoms with E-state index in [0.717, 1.165) is 17.5 Å². The Kier molecular flexibility index (Phi) is 5.27. The average molecular weight is 465 g/mol. The van der Waals surface area contributed by atoms with Gasteiger partial charge in [0, 0.05) is 23.7 Å². The van der Waals surface area contributed by atoms with Crippen LogP contribution >= 0.6 is 11.6 Å². The fraction of sp³-hybridized carbons (Fsp3) is 0.160. The fourth-order valence-corrected chi connectivity index (χ4v) is 5.33. The van der Waals surface area contributed by atoms with Crippen LogP contribution in [-0.4, -0.2) is 19.9 Å². The fourth-order valence-electron chi connectivity index (χ4n) is 3.89. The first kappa shape index (κ1) is 20.8. The number of aryl methyl sites for hydroxylation is 1. The molecule has 0 fully saturated rings. The number of nitrogens with zero attached hydrogens (tertiary/aromatic N) is 2. The topological polar surface area (TPSA) is 63.4 Å². The molecule has 1 aliphatic heterocycles. The summed E-state index contributed by atoms with van der Waals surface area (Å²) < 4.78 is 33.3. The summed E-state index contributed by atoms with van der Waals surface area (Å²) in [5.74, 6) is 0.520. The van der Waals surface area contributed by atoms with Crippen molar-refractivity contribution >= 4 is 27.3 Å². The Morgan fingerprint density at radius 1 is 0.938 bits per heavy atom. The molecule has 0 amide bonds. The first-order valence-corrected chi connectivity index (χ1v) is 12.2. The molecule has 0 unspecified atom stereocenters. The molecule has 5 nitrogen and oxygen atoms in total. The molecule has 162 valence electrons. The summed E-state index contributed by atoms with van der Waals surface area (Å²) in [5, 5.41) is 0.520. The molecule has 3 aromatic carbocycles. The summed E-state index contributed by atoms with van der Waals surface area (Å²) in [7, 11) is -3.88. The molecule has 1 aliphatic rings. The number of halogens is 1. The molecule has 0 atom stereocenters. The van der Waals surface area contributed by atoms with Crippen LogP contribution in [0.5, 0.6) is 0 Å². The van der Waals surface area contributed by atoms with Gasteiger partial charge in [-0.15, -0.1) is 0 Å². The first-order chi connectivity index (χ1) is 15.4. The third-order valence-corrected chi connectivity index (χ3v) is 7.59. The van der Waals surface area contributed by atoms with Gasteiger partial charge in [-0.1, -0.05) is 53.6 Å². The molecule has 4 aromatic rings. The maximum absolute atomic E-state index is 13.6. The Hall–Kier alpha value is -3.09. The van der Waals surface area contributed by atoms with Gasteiger partial charge >= 0.3 is 0 Å². The van der Waals surface area contributed by atoms with Crippen molar-refractivity contribution in [2.24, 2.45) is 0 Å². The number of fused-ring (bicyclic) bond motifs is 1. The minimum atomic E-state index is -3.88. The number of anilines is 1. The van der Waals surface area contributed by atoms with Crippen LogP contribution in [0.1, 0.15) is 16.7 Å². The highest BCUT2D eigenvalue weighted by Gasteiger charge is 2.32. The van der Waals surface area contributed by atoms with E-state index >= 15 is 0 Å². The van der Waals surface area contributed by atoms with E-state index < -0.39 is 9.84 Å². The highest BCUT2D eigenvalue weighted by molar-refractivity contribution is 7.91. The van der Waals surface area contributed by atoms with Crippen LogP contribution < -0.4 is 4.90 Å². The molecule has 0 saturated carbocycles. The van der Waals surface area contributed by atoms with Crippen molar-refractivity contribution in [1.82, 2.24) is 4.98 Å². The Balaban J connectivity index is 1.63. The molecule has 1 aromatic heterocycles. The Morgan fingerprint density at radius 2 is 1.62 bits per heavy atom. The molecular weight excluding hydrogens is 444 g/mol. The van der Waals surface area contributed by atoms with E-state index in [4.69, 9.17) is 16.0 Å². The summed E-state index contributed by atoms with van der Waals surface area (Å²) in [6, 6.07) is 22.0. The van der Waals surface area contributed by atoms with Crippen molar-refractivity contribution in [3.05, 3.63) is 94.5 Å². The summed E-state index contributed by atoms with van der Waals surface area (Å²) in [4.78, 5) is 6.62. The number of aromatic nitrogens is 1. The van der Waals surface area contributed by atoms with Crippen molar-refractivity contribution in [3.63, 3.8) is 0 Å². The standard InChI is InChI=1S/C25H21ClN2O3S/c1-17-6-12-22(13-7-17)32(29,30)24-25(28-15-14-18-4-2-3-5-20(18)16-28)31-23(27-24)19-8-10-21(26)11-9-19/h2-13H,14-16H2,1H3. The second kappa shape index (κ2) is 8.11. The second-order valence-corrected chi connectivity index (χ2v) is 10.2. The van der Waals surface area contributed by atoms with Gasteiger partial charge in [0.05, 0.1) is 4.90 Å². The summed E-state index contributed by atoms with van der Waals surface area (Å²) in [5.41, 5.74) is 4.07. The van der Waals surface area contributed by atoms with Gasteiger partial charge < -0.3 is 9.32 Å². The molecule has 0 radical (unpaired) electrons. The van der Waals surface area contributed by atoms with Crippen LogP contribution in [0.2, 0.25) is 5.02 Å². The monoisotopic (exact) mass is 464 g/mol. The van der Waals surface area contributed by atoms with E-state index in [1.165, 1.54) is 5.56 Å². The molecule has 32 heavy (non-hydrogen) atoms. The van der Waals surface area contributed by atoms with Crippen molar-refractivity contribution < 1.29 is 12.8 Å². The third kappa shape index (κ3) is 3.80. The van der Waals surface area contributed by atoms with Crippen LogP contribution in [0.3, 0.4) is 0 Å². The van der Waals surface area contributed by atoms with Crippen molar-refractivity contribution in [2.45, 2.75) is 29.8 Å². The number of hydrogen-bond donors (Lipinski definition) is 0. The van der Waals surface area contributed by atoms with Crippen molar-refractivity contribution in [1.29, 1.82) is 0 Å². The molecular formula is C25H21ClN2O3S. The normalized spacial score (nSPS) is 13.8. The van der Waals surface area contributed by atoms with E-state index in [1.807, 2.05) is 24.0 Å². The van der Waals surface area contributed by atoms with Crippen LogP contribution in [0, 0.1) is 6.92 Å². The van der Waals surface area contributed by atoms with E-state index in [2.05, 4.69) is 17.1 Å². The highest BCUT2D eigenvalue weighted by Crippen LogP contribution is 2.37. The number of oxazole rings is 1. The van der Waals surface area contributed by atoms with Gasteiger partial charge in [-0.3, -0.25) is 0 Å². The SMILES string of the molecule is Cc1ccc(S(=O)(=O)c2nc(-c3ccc(Cl)cc3)oc2N2CCc3ccccc3C2)cc1. The van der Waals surface area contributed by atoms with Crippen LogP contribution in [-0.2, 0) is 22.8 Å². The smallest absolute Gasteiger partial charge is 0.236 e. The zero-order valence-corrected chi connectivity index (χ0v) is 19.0. The lowest BCUT2D eigenvalue weighted by Gasteiger charge is -2.28. The van der Waals surface area contributed by atoms with E-state index in [0.29, 0.717) is 23.7 Å². The van der Waals surface area contributed by atoms with Crippen molar-refractivity contribution in [2.75, 3.05) is 11.4 Å². The highest BCUT2D eigenvalue weighted by atomic mass is 35.5. The zero-order chi connectivity index (χ0) is 22.3. The van der Waals surface area contributed by atoms with E-state index in [9.17, 15) is 8.42 Å². The Bertz CT molecular complexity index is 1380. The minimum absolute atomic E-state index is 0.0642. The number of benzene rings is 3. The predicted molar refractivity (Wildman–Crippen MR) is 125 cm³/mol. The van der Waals surface area contributed by atoms with Gasteiger partial charge in [0.2, 0.25) is 26.6 Å². The number of rotatable bonds is 4. The molecule has 0 bridgehead atoms. The quantitative estimate of drug-likeness (QED) is 0.387. The summed E-state index contributed by atoms with van der Waals surface area (Å²) in [6.45, 7) is 3.12. The van der Waals surface area contributed by atoms with Crippen LogP contribution in [0.25, 0.3) is 11.5 Å². The number of sulfone groups is 1. The molecule has 2 heterocycles. The molecule has 0 N–H and O–H groups in total. The van der Waals surface area contributed by atoms with E-state index in [-0.39, 0.29) is 21.7 Å². The maximum Gasteiger partial charge on any atom is 0.236 e. The molecule has 0 aliphatic carbocycles. The van der Waals surface area contributed by atoms with Gasteiger partial charge in [0.15, 0.2) is 0 Å². The van der Waals surface area contributed by atoms with Gasteiger partial charge in [-0.25, -0.2) is 8.42 Å². The second-order valence-electron chi connectivity index (χ2n) is 7.89. The Morgan fingerprint density at radius 3 is 2.34 bits per heavy atom. The third-order valence-electron chi connectivity index (χ3n) is 5.67.